The summed E-state index contributed by atoms with van der Waals surface area (Å²) in [5.41, 5.74) is -1.08. The van der Waals surface area contributed by atoms with E-state index >= 15 is 0 Å². The Kier molecular flexibility index (Phi) is 2.77. The molecular weight excluding hydrogens is 226 g/mol. The third kappa shape index (κ3) is 2.25. The molecule has 1 aromatic rings. The third-order valence-corrected chi connectivity index (χ3v) is 2.23. The molecule has 0 amide bonds. The molecule has 0 saturated heterocycles. The maximum Gasteiger partial charge on any atom is 0.319 e. The van der Waals surface area contributed by atoms with Gasteiger partial charge in [0.25, 0.3) is 0 Å². The fourth-order valence-electron chi connectivity index (χ4n) is 1.24. The molecule has 1 aliphatic heterocycles. The van der Waals surface area contributed by atoms with Gasteiger partial charge in [-0.3, -0.25) is 10.1 Å². The van der Waals surface area contributed by atoms with E-state index in [4.69, 9.17) is 4.74 Å². The summed E-state index contributed by atoms with van der Waals surface area (Å²) in [6, 6.07) is 0.0305. The highest BCUT2D eigenvalue weighted by atomic mass is 16.6. The maximum atomic E-state index is 10.4. The van der Waals surface area contributed by atoms with Gasteiger partial charge in [0, 0.05) is 12.5 Å². The first-order valence-electron chi connectivity index (χ1n) is 4.90. The number of azo groups is 1. The fraction of sp³-hybridized carbons (Fsp3) is 0.333. The van der Waals surface area contributed by atoms with Crippen LogP contribution in [0.5, 0.6) is 6.01 Å². The summed E-state index contributed by atoms with van der Waals surface area (Å²) in [6.07, 6.45) is 5.93. The zero-order valence-corrected chi connectivity index (χ0v) is 8.98. The van der Waals surface area contributed by atoms with Gasteiger partial charge in [-0.2, -0.15) is 15.1 Å². The van der Waals surface area contributed by atoms with Crippen molar-refractivity contribution < 1.29 is 9.66 Å². The van der Waals surface area contributed by atoms with Crippen molar-refractivity contribution in [3.8, 4) is 6.01 Å². The summed E-state index contributed by atoms with van der Waals surface area (Å²) in [5, 5.41) is 18.0. The lowest BCUT2D eigenvalue weighted by Gasteiger charge is -2.20. The molecule has 17 heavy (non-hydrogen) atoms. The molecule has 0 radical (unpaired) electrons. The van der Waals surface area contributed by atoms with E-state index in [0.717, 1.165) is 12.4 Å². The molecule has 2 rings (SSSR count). The summed E-state index contributed by atoms with van der Waals surface area (Å²) in [7, 11) is 0. The van der Waals surface area contributed by atoms with Gasteiger partial charge in [0.2, 0.25) is 5.72 Å². The molecule has 1 aliphatic rings. The Labute approximate surface area is 96.2 Å². The van der Waals surface area contributed by atoms with E-state index in [1.54, 1.807) is 6.08 Å². The molecule has 8 heteroatoms. The van der Waals surface area contributed by atoms with Crippen LogP contribution < -0.4 is 4.74 Å². The Bertz CT molecular complexity index is 470. The monoisotopic (exact) mass is 235 g/mol. The van der Waals surface area contributed by atoms with Gasteiger partial charge < -0.3 is 4.74 Å². The van der Waals surface area contributed by atoms with Crippen LogP contribution in [0.3, 0.4) is 0 Å². The molecule has 0 aromatic carbocycles. The van der Waals surface area contributed by atoms with E-state index in [-0.39, 0.29) is 11.7 Å². The molecule has 0 saturated carbocycles. The number of nitrogens with zero attached hydrogens (tertiary/aromatic N) is 5. The first-order valence-corrected chi connectivity index (χ1v) is 4.90. The Balaban J connectivity index is 2.16. The second-order valence-corrected chi connectivity index (χ2v) is 3.31. The predicted octanol–water partition coefficient (Wildman–Crippen LogP) is 1.85. The molecule has 0 spiro atoms. The lowest BCUT2D eigenvalue weighted by atomic mass is 10.2. The molecule has 1 aromatic heterocycles. The smallest absolute Gasteiger partial charge is 0.319 e. The summed E-state index contributed by atoms with van der Waals surface area (Å²) in [4.78, 5) is 17.3. The molecule has 0 N–H and O–H groups in total. The number of aromatic nitrogens is 2. The van der Waals surface area contributed by atoms with Crippen molar-refractivity contribution in [2.24, 2.45) is 10.2 Å². The van der Waals surface area contributed by atoms with Gasteiger partial charge >= 0.3 is 11.7 Å². The van der Waals surface area contributed by atoms with Crippen molar-refractivity contribution in [1.29, 1.82) is 0 Å². The van der Waals surface area contributed by atoms with Crippen LogP contribution in [0.1, 0.15) is 13.3 Å². The largest absolute Gasteiger partial charge is 0.429 e. The van der Waals surface area contributed by atoms with E-state index < -0.39 is 10.6 Å². The van der Waals surface area contributed by atoms with E-state index in [9.17, 15) is 10.1 Å². The number of nitro groups is 1. The van der Waals surface area contributed by atoms with Gasteiger partial charge in [-0.1, -0.05) is 6.92 Å². The Morgan fingerprint density at radius 1 is 1.47 bits per heavy atom. The number of rotatable bonds is 4. The highest BCUT2D eigenvalue weighted by Gasteiger charge is 2.30. The number of ether oxygens (including phenoxy) is 1. The normalized spacial score (nSPS) is 21.7. The summed E-state index contributed by atoms with van der Waals surface area (Å²) < 4.78 is 5.45. The fourth-order valence-corrected chi connectivity index (χ4v) is 1.24. The zero-order chi connectivity index (χ0) is 12.3. The van der Waals surface area contributed by atoms with E-state index in [2.05, 4.69) is 20.2 Å². The first-order chi connectivity index (χ1) is 8.15. The predicted molar refractivity (Wildman–Crippen MR) is 56.3 cm³/mol. The van der Waals surface area contributed by atoms with Gasteiger partial charge in [-0.05, 0) is 0 Å². The first kappa shape index (κ1) is 11.1. The van der Waals surface area contributed by atoms with Gasteiger partial charge in [0.1, 0.15) is 12.4 Å². The zero-order valence-electron chi connectivity index (χ0n) is 8.98. The van der Waals surface area contributed by atoms with E-state index in [1.807, 2.05) is 6.92 Å². The van der Waals surface area contributed by atoms with Gasteiger partial charge in [0.05, 0.1) is 11.1 Å². The van der Waals surface area contributed by atoms with Crippen molar-refractivity contribution in [1.82, 2.24) is 9.97 Å². The highest BCUT2D eigenvalue weighted by Crippen LogP contribution is 2.26. The minimum absolute atomic E-state index is 0.0305. The van der Waals surface area contributed by atoms with E-state index in [1.165, 1.54) is 6.20 Å². The van der Waals surface area contributed by atoms with Crippen LogP contribution in [0.4, 0.5) is 5.69 Å². The van der Waals surface area contributed by atoms with Crippen LogP contribution in [-0.4, -0.2) is 20.6 Å². The van der Waals surface area contributed by atoms with Crippen LogP contribution in [0.2, 0.25) is 0 Å². The van der Waals surface area contributed by atoms with Crippen LogP contribution in [-0.2, 0) is 0 Å². The average molecular weight is 235 g/mol. The lowest BCUT2D eigenvalue weighted by molar-refractivity contribution is -0.385. The highest BCUT2D eigenvalue weighted by molar-refractivity contribution is 5.22. The Morgan fingerprint density at radius 3 is 2.65 bits per heavy atom. The summed E-state index contributed by atoms with van der Waals surface area (Å²) >= 11 is 0. The van der Waals surface area contributed by atoms with Crippen LogP contribution >= 0.6 is 0 Å². The molecular formula is C9H9N5O3. The molecule has 1 unspecified atom stereocenters. The van der Waals surface area contributed by atoms with Gasteiger partial charge in [-0.15, -0.1) is 5.11 Å². The summed E-state index contributed by atoms with van der Waals surface area (Å²) in [5.74, 6) is 0. The second kappa shape index (κ2) is 4.24. The Morgan fingerprint density at radius 2 is 2.18 bits per heavy atom. The molecule has 0 aliphatic carbocycles. The van der Waals surface area contributed by atoms with Crippen molar-refractivity contribution in [2.45, 2.75) is 19.1 Å². The molecule has 88 valence electrons. The summed E-state index contributed by atoms with van der Waals surface area (Å²) in [6.45, 7) is 1.88. The SMILES string of the molecule is CCC1(Oc2ncc([N+](=O)[O-])cn2)C=CN=N1. The van der Waals surface area contributed by atoms with Crippen LogP contribution in [0.15, 0.2) is 34.9 Å². The van der Waals surface area contributed by atoms with Crippen molar-refractivity contribution in [3.63, 3.8) is 0 Å². The van der Waals surface area contributed by atoms with Crippen molar-refractivity contribution in [2.75, 3.05) is 0 Å². The van der Waals surface area contributed by atoms with Crippen molar-refractivity contribution in [3.05, 3.63) is 34.8 Å². The minimum atomic E-state index is -0.893. The van der Waals surface area contributed by atoms with Crippen LogP contribution in [0.25, 0.3) is 0 Å². The molecule has 0 fully saturated rings. The molecule has 0 bridgehead atoms. The standard InChI is InChI=1S/C9H9N5O3/c1-2-9(3-4-12-13-9)17-8-10-5-7(6-11-8)14(15)16/h3-6H,2H2,1H3. The topological polar surface area (TPSA) is 103 Å². The third-order valence-electron chi connectivity index (χ3n) is 2.23. The minimum Gasteiger partial charge on any atom is -0.429 e. The van der Waals surface area contributed by atoms with Crippen LogP contribution in [0, 0.1) is 10.1 Å². The second-order valence-electron chi connectivity index (χ2n) is 3.31. The van der Waals surface area contributed by atoms with Gasteiger partial charge in [0.15, 0.2) is 0 Å². The van der Waals surface area contributed by atoms with Gasteiger partial charge in [-0.25, -0.2) is 0 Å². The average Bonchev–Trinajstić information content (AvgIpc) is 2.79. The lowest BCUT2D eigenvalue weighted by Crippen LogP contribution is -2.29. The Hall–Kier alpha value is -2.38. The molecule has 1 atom stereocenters. The van der Waals surface area contributed by atoms with E-state index in [0.29, 0.717) is 6.42 Å². The van der Waals surface area contributed by atoms with Crippen molar-refractivity contribution >= 4 is 5.69 Å². The number of hydrogen-bond donors (Lipinski definition) is 0. The molecule has 2 heterocycles. The molecule has 8 nitrogen and oxygen atoms in total. The maximum absolute atomic E-state index is 10.4. The number of hydrogen-bond acceptors (Lipinski definition) is 7. The quantitative estimate of drug-likeness (QED) is 0.585.